The highest BCUT2D eigenvalue weighted by molar-refractivity contribution is 7.87. The number of carbonyl (C=O) groups is 1. The highest BCUT2D eigenvalue weighted by Gasteiger charge is 2.60. The molecule has 0 spiro atoms. The van der Waals surface area contributed by atoms with E-state index in [4.69, 9.17) is 0 Å². The van der Waals surface area contributed by atoms with Crippen LogP contribution < -0.4 is 0 Å². The van der Waals surface area contributed by atoms with Crippen LogP contribution in [0.25, 0.3) is 0 Å². The predicted molar refractivity (Wildman–Crippen MR) is 108 cm³/mol. The predicted octanol–water partition coefficient (Wildman–Crippen LogP) is 5.43. The van der Waals surface area contributed by atoms with E-state index in [-0.39, 0.29) is 22.9 Å². The molecule has 8 heteroatoms. The van der Waals surface area contributed by atoms with E-state index in [1.165, 1.54) is 11.6 Å². The molecule has 0 saturated heterocycles. The first-order valence-corrected chi connectivity index (χ1v) is 12.5. The molecule has 5 aliphatic rings. The van der Waals surface area contributed by atoms with Crippen molar-refractivity contribution in [1.82, 2.24) is 0 Å². The normalized spacial score (nSPS) is 40.2. The summed E-state index contributed by atoms with van der Waals surface area (Å²) in [4.78, 5) is 12.2. The van der Waals surface area contributed by atoms with Crippen molar-refractivity contribution < 1.29 is 30.6 Å². The van der Waals surface area contributed by atoms with Crippen LogP contribution in [0.3, 0.4) is 0 Å². The maximum Gasteiger partial charge on any atom is 0.534 e. The minimum atomic E-state index is -5.70. The number of allylic oxidation sites excluding steroid dienone is 5. The van der Waals surface area contributed by atoms with Gasteiger partial charge in [-0.1, -0.05) is 24.1 Å². The molecule has 5 unspecified atom stereocenters. The van der Waals surface area contributed by atoms with Gasteiger partial charge in [-0.05, 0) is 86.7 Å². The topological polar surface area (TPSA) is 60.4 Å². The van der Waals surface area contributed by atoms with Crippen LogP contribution in [-0.4, -0.2) is 19.7 Å². The Bertz CT molecular complexity index is 1030. The van der Waals surface area contributed by atoms with Gasteiger partial charge in [-0.25, -0.2) is 0 Å². The molecule has 3 fully saturated rings. The van der Waals surface area contributed by atoms with Crippen LogP contribution >= 0.6 is 0 Å². The summed E-state index contributed by atoms with van der Waals surface area (Å²) in [6.07, 6.45) is 10.9. The van der Waals surface area contributed by atoms with Gasteiger partial charge in [0.2, 0.25) is 0 Å². The van der Waals surface area contributed by atoms with Crippen LogP contribution in [0.15, 0.2) is 35.1 Å². The van der Waals surface area contributed by atoms with Gasteiger partial charge in [-0.3, -0.25) is 4.79 Å². The van der Waals surface area contributed by atoms with Gasteiger partial charge in [0.25, 0.3) is 0 Å². The molecule has 0 N–H and O–H groups in total. The van der Waals surface area contributed by atoms with Crippen molar-refractivity contribution in [3.05, 3.63) is 35.1 Å². The minimum Gasteiger partial charge on any atom is -0.380 e. The highest BCUT2D eigenvalue weighted by atomic mass is 32.2. The maximum absolute atomic E-state index is 12.9. The van der Waals surface area contributed by atoms with Gasteiger partial charge in [0.15, 0.2) is 5.78 Å². The lowest BCUT2D eigenvalue weighted by atomic mass is 9.46. The lowest BCUT2D eigenvalue weighted by Crippen LogP contribution is -2.50. The van der Waals surface area contributed by atoms with E-state index in [1.807, 2.05) is 13.0 Å². The Labute approximate surface area is 180 Å². The second-order valence-corrected chi connectivity index (χ2v) is 11.9. The maximum atomic E-state index is 12.9. The van der Waals surface area contributed by atoms with E-state index in [2.05, 4.69) is 11.1 Å². The highest BCUT2D eigenvalue weighted by Crippen LogP contribution is 2.67. The number of rotatable bonds is 3. The summed E-state index contributed by atoms with van der Waals surface area (Å²) in [5.74, 6) is 1.43. The fraction of sp³-hybridized carbons (Fsp3) is 0.696. The average molecular weight is 457 g/mol. The Balaban J connectivity index is 1.48. The molecule has 31 heavy (non-hydrogen) atoms. The van der Waals surface area contributed by atoms with Crippen LogP contribution in [0.1, 0.15) is 58.8 Å². The lowest BCUT2D eigenvalue weighted by molar-refractivity contribution is -0.116. The monoisotopic (exact) mass is 456 g/mol. The van der Waals surface area contributed by atoms with Gasteiger partial charge >= 0.3 is 15.6 Å². The van der Waals surface area contributed by atoms with Crippen molar-refractivity contribution in [2.45, 2.75) is 64.3 Å². The molecule has 170 valence electrons. The fourth-order valence-electron chi connectivity index (χ4n) is 6.89. The van der Waals surface area contributed by atoms with Gasteiger partial charge in [0, 0.05) is 11.8 Å². The largest absolute Gasteiger partial charge is 0.534 e. The summed E-state index contributed by atoms with van der Waals surface area (Å²) in [5.41, 5.74) is -4.09. The second kappa shape index (κ2) is 6.49. The van der Waals surface area contributed by atoms with Gasteiger partial charge in [-0.15, -0.1) is 0 Å². The van der Waals surface area contributed by atoms with Crippen molar-refractivity contribution in [3.63, 3.8) is 0 Å². The number of halogens is 3. The number of ketones is 1. The van der Waals surface area contributed by atoms with E-state index in [0.29, 0.717) is 30.6 Å². The number of fused-ring (bicyclic) bond motifs is 5. The molecule has 0 amide bonds. The van der Waals surface area contributed by atoms with Crippen LogP contribution in [0.2, 0.25) is 0 Å². The number of hydrogen-bond donors (Lipinski definition) is 0. The zero-order valence-electron chi connectivity index (χ0n) is 17.7. The summed E-state index contributed by atoms with van der Waals surface area (Å²) in [6.45, 7) is 4.07. The number of carbonyl (C=O) groups excluding carboxylic acids is 1. The molecule has 5 aliphatic carbocycles. The molecule has 4 nitrogen and oxygen atoms in total. The minimum absolute atomic E-state index is 0.0894. The molecule has 3 saturated carbocycles. The SMILES string of the molecule is CC12CCC3C(CC(C4CC4)C4=CC(=O)CCC43C)C1=CC=C2OS(=O)(=O)C(F)(F)F. The molecular weight excluding hydrogens is 429 g/mol. The number of alkyl halides is 3. The van der Waals surface area contributed by atoms with E-state index >= 15 is 0 Å². The van der Waals surface area contributed by atoms with E-state index in [0.717, 1.165) is 37.7 Å². The van der Waals surface area contributed by atoms with Crippen molar-refractivity contribution in [1.29, 1.82) is 0 Å². The second-order valence-electron chi connectivity index (χ2n) is 10.4. The molecular formula is C23H27F3O4S. The molecule has 0 aromatic carbocycles. The summed E-state index contributed by atoms with van der Waals surface area (Å²) in [6, 6.07) is 0. The molecule has 0 bridgehead atoms. The van der Waals surface area contributed by atoms with Crippen molar-refractivity contribution in [2.24, 2.45) is 34.5 Å². The fourth-order valence-corrected chi connectivity index (χ4v) is 7.46. The third-order valence-electron chi connectivity index (χ3n) is 8.70. The van der Waals surface area contributed by atoms with Crippen LogP contribution in [0, 0.1) is 34.5 Å². The van der Waals surface area contributed by atoms with Crippen LogP contribution in [-0.2, 0) is 19.1 Å². The molecule has 0 heterocycles. The number of hydrogen-bond acceptors (Lipinski definition) is 4. The van der Waals surface area contributed by atoms with Gasteiger partial charge in [0.05, 0.1) is 0 Å². The summed E-state index contributed by atoms with van der Waals surface area (Å²) in [5, 5.41) is 0. The Morgan fingerprint density at radius 1 is 1.03 bits per heavy atom. The first-order chi connectivity index (χ1) is 14.4. The Hall–Kier alpha value is -1.57. The molecule has 0 aromatic rings. The van der Waals surface area contributed by atoms with Gasteiger partial charge in [0.1, 0.15) is 5.76 Å². The lowest BCUT2D eigenvalue weighted by Gasteiger charge is -2.58. The van der Waals surface area contributed by atoms with Gasteiger partial charge in [-0.2, -0.15) is 21.6 Å². The summed E-state index contributed by atoms with van der Waals surface area (Å²) >= 11 is 0. The van der Waals surface area contributed by atoms with Crippen LogP contribution in [0.4, 0.5) is 13.2 Å². The van der Waals surface area contributed by atoms with E-state index in [1.54, 1.807) is 6.08 Å². The zero-order chi connectivity index (χ0) is 22.4. The quantitative estimate of drug-likeness (QED) is 0.419. The van der Waals surface area contributed by atoms with Gasteiger partial charge < -0.3 is 4.18 Å². The smallest absolute Gasteiger partial charge is 0.380 e. The Morgan fingerprint density at radius 3 is 2.39 bits per heavy atom. The molecule has 0 aromatic heterocycles. The van der Waals surface area contributed by atoms with Crippen molar-refractivity contribution in [3.8, 4) is 0 Å². The van der Waals surface area contributed by atoms with Crippen molar-refractivity contribution >= 4 is 15.9 Å². The van der Waals surface area contributed by atoms with E-state index < -0.39 is 21.0 Å². The summed E-state index contributed by atoms with van der Waals surface area (Å²) < 4.78 is 66.8. The molecule has 0 aliphatic heterocycles. The Kier molecular flexibility index (Phi) is 4.45. The average Bonchev–Trinajstić information content (AvgIpc) is 3.45. The molecule has 5 rings (SSSR count). The third kappa shape index (κ3) is 3.07. The first-order valence-electron chi connectivity index (χ1n) is 11.1. The molecule has 5 atom stereocenters. The molecule has 0 radical (unpaired) electrons. The third-order valence-corrected chi connectivity index (χ3v) is 9.67. The van der Waals surface area contributed by atoms with Crippen molar-refractivity contribution in [2.75, 3.05) is 0 Å². The van der Waals surface area contributed by atoms with Crippen LogP contribution in [0.5, 0.6) is 0 Å². The van der Waals surface area contributed by atoms with E-state index in [9.17, 15) is 26.4 Å². The summed E-state index contributed by atoms with van der Waals surface area (Å²) in [7, 11) is -5.70. The zero-order valence-corrected chi connectivity index (χ0v) is 18.5. The standard InChI is InChI=1S/C23H27F3O4S/c1-21-9-7-14(27)11-19(21)15(13-3-4-13)12-16-17-5-6-20(22(17,2)10-8-18(16)21)30-31(28,29)23(24,25)26/h5-6,11,13,15-16,18H,3-4,7-10,12H2,1-2H3. The Morgan fingerprint density at radius 2 is 1.74 bits per heavy atom. The first kappa shape index (κ1) is 21.3.